The van der Waals surface area contributed by atoms with Gasteiger partial charge in [-0.2, -0.15) is 0 Å². The number of carbonyl (C=O) groups is 2. The molecule has 3 aromatic carbocycles. The molecule has 0 spiro atoms. The van der Waals surface area contributed by atoms with E-state index in [2.05, 4.69) is 21.2 Å². The molecule has 3 aromatic rings. The first-order valence-electron chi connectivity index (χ1n) is 8.67. The lowest BCUT2D eigenvalue weighted by Gasteiger charge is -2.25. The monoisotopic (exact) mass is 420 g/mol. The number of hydrogen-bond donors (Lipinski definition) is 1. The molecular formula is C22H17BrN2O2. The number of carbonyl (C=O) groups excluding carboxylic acids is 2. The summed E-state index contributed by atoms with van der Waals surface area (Å²) in [7, 11) is 0. The third-order valence-electron chi connectivity index (χ3n) is 4.65. The number of amides is 2. The van der Waals surface area contributed by atoms with Gasteiger partial charge in [-0.25, -0.2) is 0 Å². The van der Waals surface area contributed by atoms with Gasteiger partial charge in [0.2, 0.25) is 5.91 Å². The molecule has 0 aliphatic carbocycles. The van der Waals surface area contributed by atoms with Gasteiger partial charge in [-0.05, 0) is 51.8 Å². The first-order valence-corrected chi connectivity index (χ1v) is 9.46. The maximum Gasteiger partial charge on any atom is 0.259 e. The molecule has 1 aliphatic rings. The Hall–Kier alpha value is -2.92. The summed E-state index contributed by atoms with van der Waals surface area (Å²) in [5.41, 5.74) is 3.03. The van der Waals surface area contributed by atoms with Gasteiger partial charge in [-0.1, -0.05) is 48.5 Å². The minimum absolute atomic E-state index is 0.173. The fraction of sp³-hybridized carbons (Fsp3) is 0.0909. The molecule has 0 saturated carbocycles. The molecule has 27 heavy (non-hydrogen) atoms. The van der Waals surface area contributed by atoms with Crippen molar-refractivity contribution in [3.63, 3.8) is 0 Å². The molecule has 5 heteroatoms. The highest BCUT2D eigenvalue weighted by atomic mass is 79.9. The number of nitrogens with one attached hydrogen (secondary N) is 1. The smallest absolute Gasteiger partial charge is 0.259 e. The van der Waals surface area contributed by atoms with Crippen molar-refractivity contribution >= 4 is 39.1 Å². The van der Waals surface area contributed by atoms with Crippen molar-refractivity contribution in [1.29, 1.82) is 0 Å². The number of fused-ring (bicyclic) bond motifs is 1. The van der Waals surface area contributed by atoms with E-state index in [4.69, 9.17) is 0 Å². The van der Waals surface area contributed by atoms with E-state index < -0.39 is 6.04 Å². The van der Waals surface area contributed by atoms with E-state index in [1.54, 1.807) is 17.0 Å². The van der Waals surface area contributed by atoms with Gasteiger partial charge in [0.05, 0.1) is 5.69 Å². The van der Waals surface area contributed by atoms with Gasteiger partial charge in [-0.3, -0.25) is 14.5 Å². The number of hydrogen-bond acceptors (Lipinski definition) is 2. The van der Waals surface area contributed by atoms with Crippen molar-refractivity contribution < 1.29 is 9.59 Å². The Morgan fingerprint density at radius 3 is 2.33 bits per heavy atom. The Balaban J connectivity index is 1.68. The molecule has 1 N–H and O–H groups in total. The summed E-state index contributed by atoms with van der Waals surface area (Å²) in [5, 5.41) is 2.94. The van der Waals surface area contributed by atoms with Crippen LogP contribution in [0.15, 0.2) is 83.3 Å². The summed E-state index contributed by atoms with van der Waals surface area (Å²) in [6.45, 7) is 0. The van der Waals surface area contributed by atoms with Gasteiger partial charge < -0.3 is 5.32 Å². The number of rotatable bonds is 3. The summed E-state index contributed by atoms with van der Waals surface area (Å²) in [4.78, 5) is 27.8. The van der Waals surface area contributed by atoms with Crippen molar-refractivity contribution in [3.8, 4) is 0 Å². The predicted octanol–water partition coefficient (Wildman–Crippen LogP) is 4.66. The first-order chi connectivity index (χ1) is 13.1. The molecule has 1 heterocycles. The van der Waals surface area contributed by atoms with Gasteiger partial charge in [0.15, 0.2) is 0 Å². The maximum absolute atomic E-state index is 13.2. The normalized spacial score (nSPS) is 15.3. The SMILES string of the molecule is O=C(Nc1ccccc1Br)C1Cc2ccccc2N1C(=O)c1ccccc1. The second-order valence-electron chi connectivity index (χ2n) is 6.36. The molecule has 0 fully saturated rings. The van der Waals surface area contributed by atoms with Crippen LogP contribution in [0.2, 0.25) is 0 Å². The van der Waals surface area contributed by atoms with E-state index in [1.165, 1.54) is 0 Å². The number of nitrogens with zero attached hydrogens (tertiary/aromatic N) is 1. The fourth-order valence-corrected chi connectivity index (χ4v) is 3.73. The summed E-state index contributed by atoms with van der Waals surface area (Å²) in [6, 6.07) is 23.6. The summed E-state index contributed by atoms with van der Waals surface area (Å²) in [6.07, 6.45) is 0.491. The van der Waals surface area contributed by atoms with E-state index in [9.17, 15) is 9.59 Å². The Bertz CT molecular complexity index is 1000. The lowest BCUT2D eigenvalue weighted by Crippen LogP contribution is -2.45. The maximum atomic E-state index is 13.2. The van der Waals surface area contributed by atoms with Crippen LogP contribution < -0.4 is 10.2 Å². The Labute approximate surface area is 165 Å². The largest absolute Gasteiger partial charge is 0.323 e. The van der Waals surface area contributed by atoms with Crippen LogP contribution in [0.5, 0.6) is 0 Å². The first kappa shape index (κ1) is 17.5. The quantitative estimate of drug-likeness (QED) is 0.669. The minimum atomic E-state index is -0.595. The zero-order valence-corrected chi connectivity index (χ0v) is 16.0. The molecular weight excluding hydrogens is 404 g/mol. The Morgan fingerprint density at radius 1 is 0.889 bits per heavy atom. The van der Waals surface area contributed by atoms with Crippen molar-refractivity contribution in [2.24, 2.45) is 0 Å². The van der Waals surface area contributed by atoms with Gasteiger partial charge in [-0.15, -0.1) is 0 Å². The average molecular weight is 421 g/mol. The van der Waals surface area contributed by atoms with Crippen LogP contribution in [0.25, 0.3) is 0 Å². The van der Waals surface area contributed by atoms with Crippen molar-refractivity contribution in [1.82, 2.24) is 0 Å². The number of benzene rings is 3. The van der Waals surface area contributed by atoms with Crippen LogP contribution in [0.3, 0.4) is 0 Å². The Kier molecular flexibility index (Phi) is 4.77. The highest BCUT2D eigenvalue weighted by Gasteiger charge is 2.38. The molecule has 4 rings (SSSR count). The van der Waals surface area contributed by atoms with E-state index in [-0.39, 0.29) is 11.8 Å². The van der Waals surface area contributed by atoms with E-state index >= 15 is 0 Å². The van der Waals surface area contributed by atoms with E-state index in [0.29, 0.717) is 17.7 Å². The van der Waals surface area contributed by atoms with Crippen LogP contribution in [0, 0.1) is 0 Å². The van der Waals surface area contributed by atoms with E-state index in [0.717, 1.165) is 15.7 Å². The molecule has 4 nitrogen and oxygen atoms in total. The van der Waals surface area contributed by atoms with Gasteiger partial charge >= 0.3 is 0 Å². The predicted molar refractivity (Wildman–Crippen MR) is 110 cm³/mol. The second-order valence-corrected chi connectivity index (χ2v) is 7.21. The van der Waals surface area contributed by atoms with Gasteiger partial charge in [0.25, 0.3) is 5.91 Å². The van der Waals surface area contributed by atoms with Gasteiger partial charge in [0.1, 0.15) is 6.04 Å². The lowest BCUT2D eigenvalue weighted by atomic mass is 10.1. The van der Waals surface area contributed by atoms with Crippen molar-refractivity contribution in [3.05, 3.63) is 94.5 Å². The van der Waals surface area contributed by atoms with Gasteiger partial charge in [0, 0.05) is 22.1 Å². The highest BCUT2D eigenvalue weighted by Crippen LogP contribution is 2.34. The number of para-hydroxylation sites is 2. The summed E-state index contributed by atoms with van der Waals surface area (Å²) >= 11 is 3.45. The fourth-order valence-electron chi connectivity index (χ4n) is 3.35. The van der Waals surface area contributed by atoms with Crippen LogP contribution >= 0.6 is 15.9 Å². The Morgan fingerprint density at radius 2 is 1.56 bits per heavy atom. The molecule has 1 atom stereocenters. The number of anilines is 2. The zero-order valence-electron chi connectivity index (χ0n) is 14.4. The second kappa shape index (κ2) is 7.37. The van der Waals surface area contributed by atoms with Crippen molar-refractivity contribution in [2.75, 3.05) is 10.2 Å². The standard InChI is InChI=1S/C22H17BrN2O2/c23-17-11-5-6-12-18(17)24-21(26)20-14-16-10-4-7-13-19(16)25(20)22(27)15-8-2-1-3-9-15/h1-13,20H,14H2,(H,24,26). The summed E-state index contributed by atoms with van der Waals surface area (Å²) < 4.78 is 0.801. The van der Waals surface area contributed by atoms with Crippen molar-refractivity contribution in [2.45, 2.75) is 12.5 Å². The average Bonchev–Trinajstić information content (AvgIpc) is 3.09. The minimum Gasteiger partial charge on any atom is -0.323 e. The molecule has 1 unspecified atom stereocenters. The van der Waals surface area contributed by atoms with Crippen LogP contribution in [0.1, 0.15) is 15.9 Å². The third kappa shape index (κ3) is 3.38. The molecule has 0 saturated heterocycles. The van der Waals surface area contributed by atoms with Crippen LogP contribution in [0.4, 0.5) is 11.4 Å². The topological polar surface area (TPSA) is 49.4 Å². The molecule has 0 aromatic heterocycles. The van der Waals surface area contributed by atoms with E-state index in [1.807, 2.05) is 66.7 Å². The lowest BCUT2D eigenvalue weighted by molar-refractivity contribution is -0.117. The molecule has 2 amide bonds. The molecule has 1 aliphatic heterocycles. The van der Waals surface area contributed by atoms with Crippen LogP contribution in [-0.4, -0.2) is 17.9 Å². The van der Waals surface area contributed by atoms with Crippen LogP contribution in [-0.2, 0) is 11.2 Å². The zero-order chi connectivity index (χ0) is 18.8. The molecule has 134 valence electrons. The number of halogens is 1. The molecule has 0 radical (unpaired) electrons. The highest BCUT2D eigenvalue weighted by molar-refractivity contribution is 9.10. The summed E-state index contributed by atoms with van der Waals surface area (Å²) in [5.74, 6) is -0.379. The molecule has 0 bridgehead atoms. The third-order valence-corrected chi connectivity index (χ3v) is 5.34.